The van der Waals surface area contributed by atoms with E-state index < -0.39 is 0 Å². The number of hydrogen-bond acceptors (Lipinski definition) is 4. The van der Waals surface area contributed by atoms with E-state index in [4.69, 9.17) is 9.47 Å². The third-order valence-electron chi connectivity index (χ3n) is 6.68. The van der Waals surface area contributed by atoms with Crippen LogP contribution in [0.3, 0.4) is 0 Å². The maximum Gasteiger partial charge on any atom is 0.161 e. The molecule has 180 valence electrons. The third kappa shape index (κ3) is 5.50. The summed E-state index contributed by atoms with van der Waals surface area (Å²) in [6.45, 7) is 7.26. The molecule has 1 saturated heterocycles. The average molecular weight is 467 g/mol. The summed E-state index contributed by atoms with van der Waals surface area (Å²) < 4.78 is 12.3. The highest BCUT2D eigenvalue weighted by Gasteiger charge is 2.26. The van der Waals surface area contributed by atoms with Crippen molar-refractivity contribution in [2.24, 2.45) is 0 Å². The molecule has 1 unspecified atom stereocenters. The first-order valence-corrected chi connectivity index (χ1v) is 12.7. The molecule has 4 nitrogen and oxygen atoms in total. The lowest BCUT2D eigenvalue weighted by Crippen LogP contribution is -2.33. The zero-order valence-electron chi connectivity index (χ0n) is 20.5. The molecule has 0 spiro atoms. The Morgan fingerprint density at radius 2 is 1.63 bits per heavy atom. The van der Waals surface area contributed by atoms with Gasteiger partial charge in [-0.1, -0.05) is 78.9 Å². The van der Waals surface area contributed by atoms with Crippen molar-refractivity contribution < 1.29 is 9.47 Å². The summed E-state index contributed by atoms with van der Waals surface area (Å²) in [6.07, 6.45) is 1.14. The Morgan fingerprint density at radius 1 is 0.800 bits per heavy atom. The van der Waals surface area contributed by atoms with E-state index in [2.05, 4.69) is 83.0 Å². The molecule has 4 aromatic rings. The van der Waals surface area contributed by atoms with Crippen LogP contribution < -0.4 is 14.8 Å². The zero-order valence-corrected chi connectivity index (χ0v) is 20.5. The van der Waals surface area contributed by atoms with Gasteiger partial charge in [-0.25, -0.2) is 0 Å². The number of rotatable bonds is 8. The van der Waals surface area contributed by atoms with Crippen molar-refractivity contribution in [2.45, 2.75) is 26.0 Å². The highest BCUT2D eigenvalue weighted by Crippen LogP contribution is 2.38. The molecule has 35 heavy (non-hydrogen) atoms. The van der Waals surface area contributed by atoms with E-state index in [0.29, 0.717) is 13.2 Å². The van der Waals surface area contributed by atoms with Gasteiger partial charge in [0.25, 0.3) is 0 Å². The molecule has 0 saturated carbocycles. The van der Waals surface area contributed by atoms with Crippen LogP contribution in [0.2, 0.25) is 0 Å². The SMILES string of the molecule is CCOc1cc(C(c2cccc3ccccc23)N2CCCNCC2)ccc1OCc1ccccc1. The Balaban J connectivity index is 1.54. The van der Waals surface area contributed by atoms with Gasteiger partial charge < -0.3 is 14.8 Å². The van der Waals surface area contributed by atoms with Crippen molar-refractivity contribution >= 4 is 10.8 Å². The Morgan fingerprint density at radius 3 is 2.51 bits per heavy atom. The van der Waals surface area contributed by atoms with Gasteiger partial charge in [-0.3, -0.25) is 4.90 Å². The Bertz CT molecular complexity index is 1230. The van der Waals surface area contributed by atoms with E-state index in [1.165, 1.54) is 21.9 Å². The zero-order chi connectivity index (χ0) is 23.9. The number of fused-ring (bicyclic) bond motifs is 1. The minimum Gasteiger partial charge on any atom is -0.490 e. The lowest BCUT2D eigenvalue weighted by molar-refractivity contribution is 0.239. The molecule has 0 aromatic heterocycles. The summed E-state index contributed by atoms with van der Waals surface area (Å²) in [7, 11) is 0. The smallest absolute Gasteiger partial charge is 0.161 e. The van der Waals surface area contributed by atoms with Crippen LogP contribution >= 0.6 is 0 Å². The lowest BCUT2D eigenvalue weighted by Gasteiger charge is -2.32. The summed E-state index contributed by atoms with van der Waals surface area (Å²) in [5.74, 6) is 1.59. The molecule has 1 N–H and O–H groups in total. The first-order valence-electron chi connectivity index (χ1n) is 12.7. The lowest BCUT2D eigenvalue weighted by atomic mass is 9.92. The maximum atomic E-state index is 6.20. The van der Waals surface area contributed by atoms with E-state index in [-0.39, 0.29) is 6.04 Å². The van der Waals surface area contributed by atoms with E-state index in [1.54, 1.807) is 0 Å². The van der Waals surface area contributed by atoms with Gasteiger partial charge in [0.2, 0.25) is 0 Å². The van der Waals surface area contributed by atoms with Crippen molar-refractivity contribution in [1.29, 1.82) is 0 Å². The monoisotopic (exact) mass is 466 g/mol. The van der Waals surface area contributed by atoms with Crippen LogP contribution in [0.1, 0.15) is 36.1 Å². The normalized spacial score (nSPS) is 15.5. The first kappa shape index (κ1) is 23.4. The van der Waals surface area contributed by atoms with Gasteiger partial charge in [0, 0.05) is 19.6 Å². The molecule has 0 aliphatic carbocycles. The Labute approximate surface area is 208 Å². The second-order valence-electron chi connectivity index (χ2n) is 9.02. The van der Waals surface area contributed by atoms with E-state index in [0.717, 1.165) is 49.7 Å². The molecule has 1 atom stereocenters. The van der Waals surface area contributed by atoms with Crippen LogP contribution in [0.25, 0.3) is 10.8 Å². The minimum absolute atomic E-state index is 0.142. The summed E-state index contributed by atoms with van der Waals surface area (Å²) in [5, 5.41) is 6.14. The predicted molar refractivity (Wildman–Crippen MR) is 143 cm³/mol. The van der Waals surface area contributed by atoms with Crippen molar-refractivity contribution in [3.8, 4) is 11.5 Å². The molecule has 1 aliphatic rings. The van der Waals surface area contributed by atoms with Crippen molar-refractivity contribution in [3.63, 3.8) is 0 Å². The second kappa shape index (κ2) is 11.4. The third-order valence-corrected chi connectivity index (χ3v) is 6.68. The van der Waals surface area contributed by atoms with Crippen molar-refractivity contribution in [3.05, 3.63) is 108 Å². The number of hydrogen-bond donors (Lipinski definition) is 1. The van der Waals surface area contributed by atoms with Crippen LogP contribution in [0.5, 0.6) is 11.5 Å². The first-order chi connectivity index (χ1) is 17.3. The molecule has 4 heteroatoms. The molecule has 1 heterocycles. The molecule has 1 fully saturated rings. The Kier molecular flexibility index (Phi) is 7.62. The number of benzene rings is 4. The van der Waals surface area contributed by atoms with Crippen LogP contribution in [0.15, 0.2) is 91.0 Å². The highest BCUT2D eigenvalue weighted by molar-refractivity contribution is 5.86. The summed E-state index contributed by atoms with van der Waals surface area (Å²) in [5.41, 5.74) is 3.72. The standard InChI is InChI=1S/C31H34N2O2/c1-2-34-30-22-26(16-17-29(30)35-23-24-10-4-3-5-11-24)31(33-20-9-18-32-19-21-33)28-15-8-13-25-12-6-7-14-27(25)28/h3-8,10-17,22,31-32H,2,9,18-21,23H2,1H3. The fourth-order valence-corrected chi connectivity index (χ4v) is 5.02. The molecule has 0 amide bonds. The molecule has 1 aliphatic heterocycles. The molecular weight excluding hydrogens is 432 g/mol. The van der Waals surface area contributed by atoms with Gasteiger partial charge in [0.15, 0.2) is 11.5 Å². The van der Waals surface area contributed by atoms with Gasteiger partial charge in [0.1, 0.15) is 6.61 Å². The minimum atomic E-state index is 0.142. The summed E-state index contributed by atoms with van der Waals surface area (Å²) in [4.78, 5) is 2.61. The molecule has 0 radical (unpaired) electrons. The van der Waals surface area contributed by atoms with E-state index in [1.807, 2.05) is 25.1 Å². The van der Waals surface area contributed by atoms with E-state index in [9.17, 15) is 0 Å². The molecule has 4 aromatic carbocycles. The summed E-state index contributed by atoms with van der Waals surface area (Å²) >= 11 is 0. The van der Waals surface area contributed by atoms with Gasteiger partial charge in [-0.05, 0) is 59.5 Å². The van der Waals surface area contributed by atoms with Gasteiger partial charge in [0.05, 0.1) is 12.6 Å². The van der Waals surface area contributed by atoms with Crippen molar-refractivity contribution in [1.82, 2.24) is 10.2 Å². The van der Waals surface area contributed by atoms with Crippen molar-refractivity contribution in [2.75, 3.05) is 32.8 Å². The molecular formula is C31H34N2O2. The fourth-order valence-electron chi connectivity index (χ4n) is 5.02. The van der Waals surface area contributed by atoms with Gasteiger partial charge in [-0.2, -0.15) is 0 Å². The van der Waals surface area contributed by atoms with Gasteiger partial charge >= 0.3 is 0 Å². The summed E-state index contributed by atoms with van der Waals surface area (Å²) in [6, 6.07) is 32.3. The number of ether oxygens (including phenoxy) is 2. The molecule has 5 rings (SSSR count). The highest BCUT2D eigenvalue weighted by atomic mass is 16.5. The van der Waals surface area contributed by atoms with Gasteiger partial charge in [-0.15, -0.1) is 0 Å². The second-order valence-corrected chi connectivity index (χ2v) is 9.02. The topological polar surface area (TPSA) is 33.7 Å². The number of nitrogens with one attached hydrogen (secondary N) is 1. The fraction of sp³-hybridized carbons (Fsp3) is 0.290. The molecule has 0 bridgehead atoms. The predicted octanol–water partition coefficient (Wildman–Crippen LogP) is 6.20. The van der Waals surface area contributed by atoms with Crippen LogP contribution in [-0.4, -0.2) is 37.7 Å². The van der Waals surface area contributed by atoms with Crippen LogP contribution in [-0.2, 0) is 6.61 Å². The van der Waals surface area contributed by atoms with Crippen LogP contribution in [0.4, 0.5) is 0 Å². The van der Waals surface area contributed by atoms with E-state index >= 15 is 0 Å². The average Bonchev–Trinajstić information content (AvgIpc) is 3.19. The largest absolute Gasteiger partial charge is 0.490 e. The maximum absolute atomic E-state index is 6.20. The van der Waals surface area contributed by atoms with Crippen LogP contribution in [0, 0.1) is 0 Å². The Hall–Kier alpha value is -3.34. The number of nitrogens with zero attached hydrogens (tertiary/aromatic N) is 1. The quantitative estimate of drug-likeness (QED) is 0.335.